The highest BCUT2D eigenvalue weighted by molar-refractivity contribution is 5.78. The van der Waals surface area contributed by atoms with E-state index in [1.807, 2.05) is 48.5 Å². The largest absolute Gasteiger partial charge is 0.392 e. The highest BCUT2D eigenvalue weighted by Gasteiger charge is 2.35. The van der Waals surface area contributed by atoms with E-state index in [0.717, 1.165) is 54.6 Å². The summed E-state index contributed by atoms with van der Waals surface area (Å²) in [6.45, 7) is 2.93. The molecule has 2 heterocycles. The van der Waals surface area contributed by atoms with E-state index >= 15 is 0 Å². The van der Waals surface area contributed by atoms with Gasteiger partial charge in [-0.1, -0.05) is 48.5 Å². The van der Waals surface area contributed by atoms with Crippen molar-refractivity contribution in [3.05, 3.63) is 70.8 Å². The van der Waals surface area contributed by atoms with Gasteiger partial charge < -0.3 is 24.6 Å². The highest BCUT2D eigenvalue weighted by atomic mass is 16.7. The summed E-state index contributed by atoms with van der Waals surface area (Å²) in [5, 5.41) is 20.8. The van der Waals surface area contributed by atoms with Crippen molar-refractivity contribution in [2.75, 3.05) is 26.8 Å². The molecule has 2 aromatic rings. The van der Waals surface area contributed by atoms with Crippen LogP contribution in [-0.4, -0.2) is 66.0 Å². The van der Waals surface area contributed by atoms with Gasteiger partial charge in [-0.15, -0.1) is 0 Å². The van der Waals surface area contributed by atoms with Crippen molar-refractivity contribution < 1.29 is 34.1 Å². The number of carbonyl (C=O) groups excluding carboxylic acids is 2. The topological polar surface area (TPSA) is 130 Å². The predicted octanol–water partition coefficient (Wildman–Crippen LogP) is 3.13. The minimum atomic E-state index is -0.536. The number of aliphatic hydroxyl groups is 1. The van der Waals surface area contributed by atoms with Crippen LogP contribution in [0.2, 0.25) is 0 Å². The summed E-state index contributed by atoms with van der Waals surface area (Å²) in [5.41, 5.74) is 5.33. The minimum Gasteiger partial charge on any atom is -0.392 e. The molecule has 2 aliphatic heterocycles. The lowest BCUT2D eigenvalue weighted by molar-refractivity contribution is -0.253. The van der Waals surface area contributed by atoms with Crippen molar-refractivity contribution in [2.24, 2.45) is 0 Å². The van der Waals surface area contributed by atoms with Crippen molar-refractivity contribution in [3.8, 4) is 0 Å². The third kappa shape index (κ3) is 8.57. The lowest BCUT2D eigenvalue weighted by Gasteiger charge is -2.38. The van der Waals surface area contributed by atoms with Crippen molar-refractivity contribution in [1.82, 2.24) is 15.7 Å². The molecule has 2 saturated heterocycles. The maximum absolute atomic E-state index is 12.1. The van der Waals surface area contributed by atoms with E-state index in [2.05, 4.69) is 10.2 Å². The van der Waals surface area contributed by atoms with Crippen molar-refractivity contribution in [2.45, 2.75) is 76.2 Å². The van der Waals surface area contributed by atoms with Gasteiger partial charge in [-0.3, -0.25) is 19.7 Å². The van der Waals surface area contributed by atoms with Crippen LogP contribution in [-0.2, 0) is 37.0 Å². The summed E-state index contributed by atoms with van der Waals surface area (Å²) in [7, 11) is 1.75. The van der Waals surface area contributed by atoms with E-state index in [9.17, 15) is 14.7 Å². The van der Waals surface area contributed by atoms with Crippen LogP contribution in [0.15, 0.2) is 48.5 Å². The number of likely N-dealkylation sites (tertiary alicyclic amines) is 1. The Kier molecular flexibility index (Phi) is 11.5. The molecule has 0 aromatic heterocycles. The lowest BCUT2D eigenvalue weighted by atomic mass is 9.99. The normalized spacial score (nSPS) is 23.2. The second kappa shape index (κ2) is 15.2. The van der Waals surface area contributed by atoms with Crippen LogP contribution in [0.3, 0.4) is 0 Å². The smallest absolute Gasteiger partial charge is 0.243 e. The zero-order valence-electron chi connectivity index (χ0n) is 23.1. The molecule has 4 N–H and O–H groups in total. The maximum Gasteiger partial charge on any atom is 0.243 e. The Labute approximate surface area is 235 Å². The second-order valence-electron chi connectivity index (χ2n) is 10.5. The molecule has 40 heavy (non-hydrogen) atoms. The van der Waals surface area contributed by atoms with Gasteiger partial charge in [-0.25, -0.2) is 5.48 Å². The van der Waals surface area contributed by atoms with Gasteiger partial charge >= 0.3 is 0 Å². The number of carbonyl (C=O) groups is 2. The summed E-state index contributed by atoms with van der Waals surface area (Å²) in [5.74, 6) is -0.655. The molecule has 10 heteroatoms. The van der Waals surface area contributed by atoms with Crippen LogP contribution in [0.1, 0.15) is 73.2 Å². The molecule has 2 fully saturated rings. The van der Waals surface area contributed by atoms with E-state index in [-0.39, 0.29) is 37.6 Å². The molecule has 4 rings (SSSR count). The fraction of sp³-hybridized carbons (Fsp3) is 0.533. The Morgan fingerprint density at radius 2 is 1.70 bits per heavy atom. The van der Waals surface area contributed by atoms with E-state index in [0.29, 0.717) is 25.6 Å². The van der Waals surface area contributed by atoms with E-state index in [1.54, 1.807) is 12.6 Å². The zero-order valence-corrected chi connectivity index (χ0v) is 23.1. The number of methoxy groups -OCH3 is 1. The SMILES string of the molecule is COCC1CCCN1CC1CC(c2ccc(CO)cc2)OC(c2ccc(CNC(=O)CCCC(=O)NO)cc2)O1. The summed E-state index contributed by atoms with van der Waals surface area (Å²) < 4.78 is 18.4. The van der Waals surface area contributed by atoms with Gasteiger partial charge in [0.15, 0.2) is 6.29 Å². The standard InChI is InChI=1S/C30H41N3O7/c1-38-20-25-4-3-15-33(25)18-26-16-27(23-11-9-22(19-34)10-12-23)40-30(39-26)24-13-7-21(8-14-24)17-31-28(35)5-2-6-29(36)32-37/h7-14,25-27,30,34,37H,2-6,15-20H2,1H3,(H,31,35)(H,32,36). The molecule has 0 bridgehead atoms. The average molecular weight is 556 g/mol. The van der Waals surface area contributed by atoms with E-state index < -0.39 is 12.2 Å². The number of ether oxygens (including phenoxy) is 3. The van der Waals surface area contributed by atoms with Gasteiger partial charge in [-0.2, -0.15) is 0 Å². The Morgan fingerprint density at radius 1 is 1.00 bits per heavy atom. The first-order valence-corrected chi connectivity index (χ1v) is 14.0. The highest BCUT2D eigenvalue weighted by Crippen LogP contribution is 2.38. The molecule has 0 spiro atoms. The summed E-state index contributed by atoms with van der Waals surface area (Å²) in [6, 6.07) is 16.1. The number of hydrogen-bond donors (Lipinski definition) is 4. The number of hydrogen-bond acceptors (Lipinski definition) is 8. The third-order valence-corrected chi connectivity index (χ3v) is 7.59. The fourth-order valence-corrected chi connectivity index (χ4v) is 5.36. The summed E-state index contributed by atoms with van der Waals surface area (Å²) >= 11 is 0. The number of aliphatic hydroxyl groups excluding tert-OH is 1. The monoisotopic (exact) mass is 555 g/mol. The van der Waals surface area contributed by atoms with Crippen LogP contribution >= 0.6 is 0 Å². The zero-order chi connectivity index (χ0) is 28.3. The van der Waals surface area contributed by atoms with E-state index in [4.69, 9.17) is 19.4 Å². The van der Waals surface area contributed by atoms with Gasteiger partial charge in [0.25, 0.3) is 0 Å². The number of amides is 2. The van der Waals surface area contributed by atoms with Gasteiger partial charge in [0.1, 0.15) is 0 Å². The molecule has 2 aliphatic rings. The summed E-state index contributed by atoms with van der Waals surface area (Å²) in [4.78, 5) is 25.6. The Balaban J connectivity index is 1.39. The van der Waals surface area contributed by atoms with Crippen LogP contribution in [0, 0.1) is 0 Å². The van der Waals surface area contributed by atoms with Crippen LogP contribution in [0.4, 0.5) is 0 Å². The van der Waals surface area contributed by atoms with Crippen LogP contribution in [0.25, 0.3) is 0 Å². The number of rotatable bonds is 13. The fourth-order valence-electron chi connectivity index (χ4n) is 5.36. The Hall–Kier alpha value is -2.86. The summed E-state index contributed by atoms with van der Waals surface area (Å²) in [6.07, 6.45) is 2.98. The third-order valence-electron chi connectivity index (χ3n) is 7.59. The molecule has 218 valence electrons. The number of nitrogens with one attached hydrogen (secondary N) is 2. The van der Waals surface area contributed by atoms with Crippen LogP contribution in [0.5, 0.6) is 0 Å². The Bertz CT molecular complexity index is 1080. The van der Waals surface area contributed by atoms with Crippen LogP contribution < -0.4 is 10.8 Å². The number of hydroxylamine groups is 1. The lowest BCUT2D eigenvalue weighted by Crippen LogP contribution is -2.42. The molecule has 0 aliphatic carbocycles. The molecule has 10 nitrogen and oxygen atoms in total. The van der Waals surface area contributed by atoms with Crippen molar-refractivity contribution >= 4 is 11.8 Å². The second-order valence-corrected chi connectivity index (χ2v) is 10.5. The van der Waals surface area contributed by atoms with E-state index in [1.165, 1.54) is 0 Å². The predicted molar refractivity (Wildman–Crippen MR) is 147 cm³/mol. The van der Waals surface area contributed by atoms with Crippen molar-refractivity contribution in [1.29, 1.82) is 0 Å². The molecule has 4 atom stereocenters. The molecular weight excluding hydrogens is 514 g/mol. The van der Waals surface area contributed by atoms with Gasteiger partial charge in [-0.05, 0) is 42.5 Å². The minimum absolute atomic E-state index is 0.00366. The number of nitrogens with zero attached hydrogens (tertiary/aromatic N) is 1. The molecule has 0 saturated carbocycles. The quantitative estimate of drug-likeness (QED) is 0.219. The molecule has 4 unspecified atom stereocenters. The van der Waals surface area contributed by atoms with Crippen molar-refractivity contribution in [3.63, 3.8) is 0 Å². The Morgan fingerprint density at radius 3 is 2.40 bits per heavy atom. The first-order valence-electron chi connectivity index (χ1n) is 14.0. The van der Waals surface area contributed by atoms with Gasteiger partial charge in [0.2, 0.25) is 11.8 Å². The first-order chi connectivity index (χ1) is 19.5. The molecule has 2 amide bonds. The molecule has 2 aromatic carbocycles. The van der Waals surface area contributed by atoms with Gasteiger partial charge in [0.05, 0.1) is 25.4 Å². The molecular formula is C30H41N3O7. The van der Waals surface area contributed by atoms with Gasteiger partial charge in [0, 0.05) is 51.1 Å². The number of benzene rings is 2. The molecule has 0 radical (unpaired) electrons. The first kappa shape index (κ1) is 30.1. The maximum atomic E-state index is 12.1. The average Bonchev–Trinajstić information content (AvgIpc) is 3.42.